The van der Waals surface area contributed by atoms with E-state index in [2.05, 4.69) is 0 Å². The molecule has 0 bridgehead atoms. The van der Waals surface area contributed by atoms with E-state index in [0.717, 1.165) is 11.3 Å². The first kappa shape index (κ1) is 14.9. The maximum atomic E-state index is 12.6. The molecule has 0 atom stereocenters. The van der Waals surface area contributed by atoms with Crippen LogP contribution in [0.5, 0.6) is 0 Å². The average Bonchev–Trinajstić information content (AvgIpc) is 3.13. The molecular weight excluding hydrogens is 286 g/mol. The van der Waals surface area contributed by atoms with E-state index in [1.165, 1.54) is 6.08 Å². The first-order valence-electron chi connectivity index (χ1n) is 7.45. The van der Waals surface area contributed by atoms with Crippen molar-refractivity contribution in [3.8, 4) is 0 Å². The third kappa shape index (κ3) is 3.98. The highest BCUT2D eigenvalue weighted by Crippen LogP contribution is 2.18. The van der Waals surface area contributed by atoms with Crippen molar-refractivity contribution in [3.05, 3.63) is 96.5 Å². The molecule has 0 unspecified atom stereocenters. The maximum Gasteiger partial charge on any atom is 0.251 e. The van der Waals surface area contributed by atoms with Gasteiger partial charge in [0.2, 0.25) is 0 Å². The summed E-state index contributed by atoms with van der Waals surface area (Å²) in [6.07, 6.45) is 4.81. The largest absolute Gasteiger partial charge is 0.465 e. The highest BCUT2D eigenvalue weighted by molar-refractivity contribution is 6.03. The second-order valence-corrected chi connectivity index (χ2v) is 5.09. The van der Waals surface area contributed by atoms with Gasteiger partial charge in [0.05, 0.1) is 12.8 Å². The molecule has 1 aromatic heterocycles. The van der Waals surface area contributed by atoms with E-state index in [4.69, 9.17) is 4.42 Å². The molecule has 0 fully saturated rings. The van der Waals surface area contributed by atoms with Crippen molar-refractivity contribution in [1.29, 1.82) is 0 Å². The molecule has 0 spiro atoms. The SMILES string of the molecule is O=C(/C=C/c1ccco1)N(Cc1ccccc1)c1ccccc1. The summed E-state index contributed by atoms with van der Waals surface area (Å²) in [6, 6.07) is 23.2. The van der Waals surface area contributed by atoms with Gasteiger partial charge < -0.3 is 9.32 Å². The van der Waals surface area contributed by atoms with Gasteiger partial charge in [0.25, 0.3) is 5.91 Å². The number of hydrogen-bond donors (Lipinski definition) is 0. The minimum atomic E-state index is -0.0866. The summed E-state index contributed by atoms with van der Waals surface area (Å²) >= 11 is 0. The average molecular weight is 303 g/mol. The van der Waals surface area contributed by atoms with Gasteiger partial charge in [0.1, 0.15) is 5.76 Å². The van der Waals surface area contributed by atoms with Crippen LogP contribution < -0.4 is 4.90 Å². The number of para-hydroxylation sites is 1. The van der Waals surface area contributed by atoms with E-state index in [9.17, 15) is 4.79 Å². The number of benzene rings is 2. The molecule has 3 aromatic rings. The van der Waals surface area contributed by atoms with Crippen molar-refractivity contribution in [1.82, 2.24) is 0 Å². The first-order valence-corrected chi connectivity index (χ1v) is 7.45. The number of hydrogen-bond acceptors (Lipinski definition) is 2. The Labute approximate surface area is 135 Å². The molecule has 0 saturated carbocycles. The van der Waals surface area contributed by atoms with Gasteiger partial charge >= 0.3 is 0 Å². The van der Waals surface area contributed by atoms with Gasteiger partial charge in [-0.15, -0.1) is 0 Å². The Balaban J connectivity index is 1.84. The molecule has 1 heterocycles. The zero-order chi connectivity index (χ0) is 15.9. The van der Waals surface area contributed by atoms with Crippen LogP contribution in [0, 0.1) is 0 Å². The molecule has 0 aliphatic heterocycles. The number of amides is 1. The monoisotopic (exact) mass is 303 g/mol. The predicted octanol–water partition coefficient (Wildman–Crippen LogP) is 4.53. The highest BCUT2D eigenvalue weighted by Gasteiger charge is 2.13. The second kappa shape index (κ2) is 7.27. The lowest BCUT2D eigenvalue weighted by Gasteiger charge is -2.21. The lowest BCUT2D eigenvalue weighted by Crippen LogP contribution is -2.28. The molecule has 3 nitrogen and oxygen atoms in total. The van der Waals surface area contributed by atoms with Crippen molar-refractivity contribution >= 4 is 17.7 Å². The quantitative estimate of drug-likeness (QED) is 0.649. The lowest BCUT2D eigenvalue weighted by atomic mass is 10.2. The van der Waals surface area contributed by atoms with Crippen molar-refractivity contribution in [3.63, 3.8) is 0 Å². The fraction of sp³-hybridized carbons (Fsp3) is 0.0500. The third-order valence-corrected chi connectivity index (χ3v) is 3.45. The van der Waals surface area contributed by atoms with Crippen LogP contribution in [0.4, 0.5) is 5.69 Å². The van der Waals surface area contributed by atoms with Gasteiger partial charge in [-0.3, -0.25) is 4.79 Å². The van der Waals surface area contributed by atoms with Crippen LogP contribution in [0.15, 0.2) is 89.6 Å². The molecule has 2 aromatic carbocycles. The van der Waals surface area contributed by atoms with Crippen LogP contribution in [0.25, 0.3) is 6.08 Å². The summed E-state index contributed by atoms with van der Waals surface area (Å²) < 4.78 is 5.23. The standard InChI is InChI=1S/C20H17NO2/c22-20(14-13-19-12-7-15-23-19)21(18-10-5-2-6-11-18)16-17-8-3-1-4-9-17/h1-15H,16H2/b14-13+. The molecule has 0 saturated heterocycles. The number of carbonyl (C=O) groups excluding carboxylic acids is 1. The minimum absolute atomic E-state index is 0.0866. The van der Waals surface area contributed by atoms with Crippen LogP contribution in [0.3, 0.4) is 0 Å². The summed E-state index contributed by atoms with van der Waals surface area (Å²) in [5.74, 6) is 0.572. The van der Waals surface area contributed by atoms with Crippen molar-refractivity contribution in [2.24, 2.45) is 0 Å². The third-order valence-electron chi connectivity index (χ3n) is 3.45. The Morgan fingerprint density at radius 1 is 0.913 bits per heavy atom. The topological polar surface area (TPSA) is 33.5 Å². The number of carbonyl (C=O) groups is 1. The molecule has 3 heteroatoms. The zero-order valence-corrected chi connectivity index (χ0v) is 12.6. The van der Waals surface area contributed by atoms with Crippen LogP contribution in [0.1, 0.15) is 11.3 Å². The second-order valence-electron chi connectivity index (χ2n) is 5.09. The Kier molecular flexibility index (Phi) is 4.69. The van der Waals surface area contributed by atoms with Crippen LogP contribution in [0.2, 0.25) is 0 Å². The summed E-state index contributed by atoms with van der Waals surface area (Å²) in [7, 11) is 0. The lowest BCUT2D eigenvalue weighted by molar-refractivity contribution is -0.114. The van der Waals surface area contributed by atoms with E-state index in [1.54, 1.807) is 23.3 Å². The summed E-state index contributed by atoms with van der Waals surface area (Å²) in [4.78, 5) is 14.4. The normalized spacial score (nSPS) is 10.8. The molecule has 0 N–H and O–H groups in total. The molecule has 23 heavy (non-hydrogen) atoms. The molecular formula is C20H17NO2. The summed E-state index contributed by atoms with van der Waals surface area (Å²) in [5, 5.41) is 0. The van der Waals surface area contributed by atoms with Crippen LogP contribution in [-0.4, -0.2) is 5.91 Å². The molecule has 0 aliphatic carbocycles. The summed E-state index contributed by atoms with van der Waals surface area (Å²) in [5.41, 5.74) is 1.95. The minimum Gasteiger partial charge on any atom is -0.465 e. The van der Waals surface area contributed by atoms with Crippen molar-refractivity contribution in [2.75, 3.05) is 4.90 Å². The van der Waals surface area contributed by atoms with Gasteiger partial charge in [0.15, 0.2) is 0 Å². The smallest absolute Gasteiger partial charge is 0.251 e. The fourth-order valence-electron chi connectivity index (χ4n) is 2.30. The Bertz CT molecular complexity index is 762. The summed E-state index contributed by atoms with van der Waals surface area (Å²) in [6.45, 7) is 0.520. The molecule has 114 valence electrons. The van der Waals surface area contributed by atoms with Gasteiger partial charge in [-0.05, 0) is 35.9 Å². The van der Waals surface area contributed by atoms with Gasteiger partial charge in [0, 0.05) is 11.8 Å². The number of anilines is 1. The predicted molar refractivity (Wildman–Crippen MR) is 91.8 cm³/mol. The van der Waals surface area contributed by atoms with Gasteiger partial charge in [-0.2, -0.15) is 0 Å². The van der Waals surface area contributed by atoms with Crippen molar-refractivity contribution in [2.45, 2.75) is 6.54 Å². The Hall–Kier alpha value is -3.07. The highest BCUT2D eigenvalue weighted by atomic mass is 16.3. The van der Waals surface area contributed by atoms with Crippen molar-refractivity contribution < 1.29 is 9.21 Å². The Morgan fingerprint density at radius 3 is 2.26 bits per heavy atom. The molecule has 1 amide bonds. The van der Waals surface area contributed by atoms with Gasteiger partial charge in [-0.25, -0.2) is 0 Å². The van der Waals surface area contributed by atoms with E-state index in [1.807, 2.05) is 66.7 Å². The van der Waals surface area contributed by atoms with E-state index < -0.39 is 0 Å². The Morgan fingerprint density at radius 2 is 1.61 bits per heavy atom. The van der Waals surface area contributed by atoms with Crippen LogP contribution >= 0.6 is 0 Å². The van der Waals surface area contributed by atoms with Crippen LogP contribution in [-0.2, 0) is 11.3 Å². The number of nitrogens with zero attached hydrogens (tertiary/aromatic N) is 1. The molecule has 3 rings (SSSR count). The van der Waals surface area contributed by atoms with Gasteiger partial charge in [-0.1, -0.05) is 48.5 Å². The zero-order valence-electron chi connectivity index (χ0n) is 12.6. The fourth-order valence-corrected chi connectivity index (χ4v) is 2.30. The number of furan rings is 1. The number of rotatable bonds is 5. The molecule has 0 radical (unpaired) electrons. The molecule has 0 aliphatic rings. The van der Waals surface area contributed by atoms with E-state index >= 15 is 0 Å². The first-order chi connectivity index (χ1) is 11.3. The maximum absolute atomic E-state index is 12.6. The van der Waals surface area contributed by atoms with E-state index in [-0.39, 0.29) is 5.91 Å². The van der Waals surface area contributed by atoms with E-state index in [0.29, 0.717) is 12.3 Å².